The summed E-state index contributed by atoms with van der Waals surface area (Å²) < 4.78 is 2.94. The second-order valence-electron chi connectivity index (χ2n) is 8.20. The molecule has 0 radical (unpaired) electrons. The van der Waals surface area contributed by atoms with Gasteiger partial charge in [-0.3, -0.25) is 4.79 Å². The van der Waals surface area contributed by atoms with Crippen molar-refractivity contribution in [3.8, 4) is 0 Å². The predicted molar refractivity (Wildman–Crippen MR) is 123 cm³/mol. The van der Waals surface area contributed by atoms with Crippen molar-refractivity contribution in [1.82, 2.24) is 14.5 Å². The number of aryl methyl sites for hydroxylation is 1. The summed E-state index contributed by atoms with van der Waals surface area (Å²) in [6.45, 7) is 3.97. The fourth-order valence-electron chi connectivity index (χ4n) is 3.21. The molecule has 0 saturated carbocycles. The number of hydrogen-bond acceptors (Lipinski definition) is 6. The fraction of sp³-hybridized carbons (Fsp3) is 0.318. The lowest BCUT2D eigenvalue weighted by Gasteiger charge is -2.20. The maximum atomic E-state index is 12.6. The molecule has 8 heteroatoms. The highest BCUT2D eigenvalue weighted by molar-refractivity contribution is 7.22. The summed E-state index contributed by atoms with van der Waals surface area (Å²) in [5, 5.41) is 14.1. The monoisotopic (exact) mass is 442 g/mol. The molecule has 0 amide bonds. The lowest BCUT2D eigenvalue weighted by Crippen LogP contribution is -2.18. The largest absolute Gasteiger partial charge is 0.396 e. The minimum atomic E-state index is -0.261. The van der Waals surface area contributed by atoms with Crippen LogP contribution in [0.15, 0.2) is 36.4 Å². The fourth-order valence-corrected chi connectivity index (χ4v) is 4.34. The van der Waals surface area contributed by atoms with Crippen LogP contribution in [0.5, 0.6) is 0 Å². The van der Waals surface area contributed by atoms with Gasteiger partial charge in [-0.2, -0.15) is 0 Å². The van der Waals surface area contributed by atoms with Crippen LogP contribution in [-0.2, 0) is 7.05 Å². The highest BCUT2D eigenvalue weighted by Crippen LogP contribution is 2.31. The molecule has 0 bridgehead atoms. The van der Waals surface area contributed by atoms with Crippen molar-refractivity contribution in [2.75, 3.05) is 11.9 Å². The van der Waals surface area contributed by atoms with Crippen molar-refractivity contribution in [1.29, 1.82) is 0 Å². The van der Waals surface area contributed by atoms with E-state index < -0.39 is 0 Å². The molecule has 0 aliphatic carbocycles. The van der Waals surface area contributed by atoms with Crippen LogP contribution in [-0.4, -0.2) is 32.0 Å². The number of nitrogens with zero attached hydrogens (tertiary/aromatic N) is 3. The van der Waals surface area contributed by atoms with E-state index in [1.54, 1.807) is 0 Å². The molecule has 0 aliphatic rings. The van der Waals surface area contributed by atoms with Gasteiger partial charge in [-0.15, -0.1) is 0 Å². The summed E-state index contributed by atoms with van der Waals surface area (Å²) in [6.07, 6.45) is 1.03. The van der Waals surface area contributed by atoms with Crippen molar-refractivity contribution >= 4 is 61.1 Å². The van der Waals surface area contributed by atoms with E-state index in [9.17, 15) is 9.90 Å². The van der Waals surface area contributed by atoms with Gasteiger partial charge in [0.25, 0.3) is 0 Å². The molecular weight excluding hydrogens is 420 g/mol. The van der Waals surface area contributed by atoms with Crippen LogP contribution in [0.2, 0.25) is 5.02 Å². The number of hydrogen-bond donors (Lipinski definition) is 2. The van der Waals surface area contributed by atoms with Gasteiger partial charge >= 0.3 is 0 Å². The average Bonchev–Trinajstić information content (AvgIpc) is 3.26. The van der Waals surface area contributed by atoms with E-state index in [1.165, 1.54) is 11.3 Å². The molecule has 30 heavy (non-hydrogen) atoms. The molecule has 4 aromatic rings. The zero-order valence-corrected chi connectivity index (χ0v) is 18.6. The Morgan fingerprint density at radius 2 is 2.00 bits per heavy atom. The third-order valence-electron chi connectivity index (χ3n) is 5.23. The number of aliphatic hydroxyl groups excluding tert-OH is 1. The first-order valence-electron chi connectivity index (χ1n) is 9.69. The molecule has 2 heterocycles. The number of rotatable bonds is 7. The van der Waals surface area contributed by atoms with Crippen LogP contribution in [0.25, 0.3) is 21.3 Å². The number of aliphatic hydroxyl groups is 1. The quantitative estimate of drug-likeness (QED) is 0.366. The minimum absolute atomic E-state index is 0.0571. The highest BCUT2D eigenvalue weighted by atomic mass is 35.5. The second kappa shape index (κ2) is 7.98. The Morgan fingerprint density at radius 1 is 1.20 bits per heavy atom. The average molecular weight is 443 g/mol. The Kier molecular flexibility index (Phi) is 5.53. The van der Waals surface area contributed by atoms with Crippen LogP contribution in [0.4, 0.5) is 11.1 Å². The zero-order valence-electron chi connectivity index (χ0n) is 17.1. The van der Waals surface area contributed by atoms with E-state index >= 15 is 0 Å². The number of Topliss-reactive ketones (excluding diaryl/α,β-unsaturated/α-hetero) is 1. The molecule has 0 atom stereocenters. The van der Waals surface area contributed by atoms with E-state index in [-0.39, 0.29) is 17.8 Å². The number of thiazole rings is 1. The molecule has 0 saturated heterocycles. The SMILES string of the molecule is Cn1c(Nc2nc3ccc(Cl)cc3s2)nc2cc(C(=O)CCC(C)(C)CO)ccc21. The summed E-state index contributed by atoms with van der Waals surface area (Å²) in [4.78, 5) is 21.9. The van der Waals surface area contributed by atoms with Gasteiger partial charge in [-0.1, -0.05) is 36.8 Å². The number of aromatic nitrogens is 3. The molecule has 2 aromatic carbocycles. The molecule has 0 spiro atoms. The number of carbonyl (C=O) groups is 1. The molecule has 156 valence electrons. The molecule has 0 aliphatic heterocycles. The summed E-state index contributed by atoms with van der Waals surface area (Å²) in [5.74, 6) is 0.711. The van der Waals surface area contributed by atoms with E-state index in [0.717, 1.165) is 26.4 Å². The first-order chi connectivity index (χ1) is 14.3. The van der Waals surface area contributed by atoms with Crippen molar-refractivity contribution < 1.29 is 9.90 Å². The number of halogens is 1. The third kappa shape index (κ3) is 4.19. The molecule has 4 rings (SSSR count). The maximum absolute atomic E-state index is 12.6. The van der Waals surface area contributed by atoms with Crippen molar-refractivity contribution in [2.24, 2.45) is 12.5 Å². The number of fused-ring (bicyclic) bond motifs is 2. The van der Waals surface area contributed by atoms with Gasteiger partial charge in [0, 0.05) is 30.7 Å². The predicted octanol–water partition coefficient (Wildman–Crippen LogP) is 5.56. The first kappa shape index (κ1) is 20.8. The minimum Gasteiger partial charge on any atom is -0.396 e. The van der Waals surface area contributed by atoms with Gasteiger partial charge in [0.1, 0.15) is 0 Å². The molecule has 0 unspecified atom stereocenters. The number of carbonyl (C=O) groups excluding carboxylic acids is 1. The van der Waals surface area contributed by atoms with Crippen LogP contribution in [0.3, 0.4) is 0 Å². The number of anilines is 2. The van der Waals surface area contributed by atoms with E-state index in [0.29, 0.717) is 29.4 Å². The lowest BCUT2D eigenvalue weighted by atomic mass is 9.87. The van der Waals surface area contributed by atoms with Crippen LogP contribution >= 0.6 is 22.9 Å². The van der Waals surface area contributed by atoms with Crippen LogP contribution in [0, 0.1) is 5.41 Å². The van der Waals surface area contributed by atoms with Gasteiger partial charge in [-0.05, 0) is 48.2 Å². The normalized spacial score (nSPS) is 12.0. The summed E-state index contributed by atoms with van der Waals surface area (Å²) in [6, 6.07) is 11.2. The van der Waals surface area contributed by atoms with E-state index in [2.05, 4.69) is 15.3 Å². The summed E-state index contributed by atoms with van der Waals surface area (Å²) in [7, 11) is 1.92. The Balaban J connectivity index is 1.57. The Bertz CT molecular complexity index is 1240. The Hall–Kier alpha value is -2.48. The number of benzene rings is 2. The summed E-state index contributed by atoms with van der Waals surface area (Å²) >= 11 is 7.57. The molecular formula is C22H23ClN4O2S. The molecule has 2 aromatic heterocycles. The standard InChI is InChI=1S/C22H23ClN4O2S/c1-22(2,12-28)9-8-18(29)13-4-7-17-16(10-13)24-20(27(17)3)26-21-25-15-6-5-14(23)11-19(15)30-21/h4-7,10-11,28H,8-9,12H2,1-3H3,(H,24,25,26). The highest BCUT2D eigenvalue weighted by Gasteiger charge is 2.19. The molecule has 6 nitrogen and oxygen atoms in total. The van der Waals surface area contributed by atoms with E-state index in [1.807, 2.05) is 61.9 Å². The van der Waals surface area contributed by atoms with Gasteiger partial charge in [-0.25, -0.2) is 9.97 Å². The summed E-state index contributed by atoms with van der Waals surface area (Å²) in [5.41, 5.74) is 2.92. The van der Waals surface area contributed by atoms with Crippen LogP contribution in [0.1, 0.15) is 37.0 Å². The number of nitrogens with one attached hydrogen (secondary N) is 1. The van der Waals surface area contributed by atoms with Crippen molar-refractivity contribution in [3.05, 3.63) is 47.0 Å². The van der Waals surface area contributed by atoms with Gasteiger partial charge in [0.2, 0.25) is 5.95 Å². The van der Waals surface area contributed by atoms with Crippen molar-refractivity contribution in [2.45, 2.75) is 26.7 Å². The zero-order chi connectivity index (χ0) is 21.5. The van der Waals surface area contributed by atoms with E-state index in [4.69, 9.17) is 11.6 Å². The van der Waals surface area contributed by atoms with Gasteiger partial charge in [0.05, 0.1) is 21.3 Å². The van der Waals surface area contributed by atoms with Gasteiger partial charge in [0.15, 0.2) is 10.9 Å². The Labute approximate surface area is 183 Å². The third-order valence-corrected chi connectivity index (χ3v) is 6.40. The van der Waals surface area contributed by atoms with Crippen LogP contribution < -0.4 is 5.32 Å². The lowest BCUT2D eigenvalue weighted by molar-refractivity contribution is 0.0933. The topological polar surface area (TPSA) is 80.0 Å². The molecule has 0 fully saturated rings. The van der Waals surface area contributed by atoms with Gasteiger partial charge < -0.3 is 15.0 Å². The Morgan fingerprint density at radius 3 is 2.77 bits per heavy atom. The first-order valence-corrected chi connectivity index (χ1v) is 10.9. The van der Waals surface area contributed by atoms with Crippen molar-refractivity contribution in [3.63, 3.8) is 0 Å². The number of ketones is 1. The second-order valence-corrected chi connectivity index (χ2v) is 9.67. The molecule has 2 N–H and O–H groups in total. The smallest absolute Gasteiger partial charge is 0.209 e. The maximum Gasteiger partial charge on any atom is 0.209 e. The number of imidazole rings is 1.